The molecule has 2 aliphatic rings. The average Bonchev–Trinajstić information content (AvgIpc) is 3.19. The molecule has 1 aromatic carbocycles. The predicted octanol–water partition coefficient (Wildman–Crippen LogP) is 4.41. The van der Waals surface area contributed by atoms with Gasteiger partial charge < -0.3 is 4.90 Å². The number of halogens is 3. The zero-order valence-electron chi connectivity index (χ0n) is 19.0. The van der Waals surface area contributed by atoms with Crippen molar-refractivity contribution in [3.8, 4) is 0 Å². The van der Waals surface area contributed by atoms with Gasteiger partial charge in [0, 0.05) is 56.7 Å². The van der Waals surface area contributed by atoms with Crippen molar-refractivity contribution in [2.24, 2.45) is 5.92 Å². The van der Waals surface area contributed by atoms with Crippen molar-refractivity contribution in [3.05, 3.63) is 47.3 Å². The normalized spacial score (nSPS) is 21.4. The van der Waals surface area contributed by atoms with Gasteiger partial charge in [-0.3, -0.25) is 14.9 Å². The standard InChI is InChI=1S/C24H34F3N5/c1-18(2)13-20-15-21(29-28-20)16-30-8-4-7-23(17-30)32-11-9-31(10-12-32)22-6-3-5-19(14-22)24(25,26)27/h3,5-6,14-15,18,23H,4,7-13,16-17H2,1-2H3,(H,28,29)/t23-/m0/s1. The van der Waals surface area contributed by atoms with Gasteiger partial charge in [0.15, 0.2) is 0 Å². The lowest BCUT2D eigenvalue weighted by Gasteiger charge is -2.44. The van der Waals surface area contributed by atoms with E-state index in [-0.39, 0.29) is 0 Å². The zero-order valence-corrected chi connectivity index (χ0v) is 19.0. The summed E-state index contributed by atoms with van der Waals surface area (Å²) in [4.78, 5) is 7.10. The Kier molecular flexibility index (Phi) is 7.10. The molecule has 0 radical (unpaired) electrons. The predicted molar refractivity (Wildman–Crippen MR) is 121 cm³/mol. The number of likely N-dealkylation sites (tertiary alicyclic amines) is 1. The van der Waals surface area contributed by atoms with E-state index in [4.69, 9.17) is 0 Å². The highest BCUT2D eigenvalue weighted by Crippen LogP contribution is 2.32. The first-order valence-electron chi connectivity index (χ1n) is 11.7. The maximum atomic E-state index is 13.1. The van der Waals surface area contributed by atoms with Crippen LogP contribution in [0.4, 0.5) is 18.9 Å². The average molecular weight is 450 g/mol. The molecule has 8 heteroatoms. The Morgan fingerprint density at radius 1 is 1.09 bits per heavy atom. The van der Waals surface area contributed by atoms with Crippen LogP contribution >= 0.6 is 0 Å². The molecule has 2 fully saturated rings. The van der Waals surface area contributed by atoms with E-state index in [1.54, 1.807) is 6.07 Å². The van der Waals surface area contributed by atoms with E-state index >= 15 is 0 Å². The molecule has 0 amide bonds. The minimum atomic E-state index is -4.30. The van der Waals surface area contributed by atoms with Crippen molar-refractivity contribution >= 4 is 5.69 Å². The number of nitrogens with zero attached hydrogens (tertiary/aromatic N) is 4. The van der Waals surface area contributed by atoms with Crippen LogP contribution in [0.5, 0.6) is 0 Å². The van der Waals surface area contributed by atoms with Gasteiger partial charge in [-0.25, -0.2) is 0 Å². The van der Waals surface area contributed by atoms with Crippen molar-refractivity contribution in [1.29, 1.82) is 0 Å². The number of aromatic nitrogens is 2. The van der Waals surface area contributed by atoms with Gasteiger partial charge in [0.25, 0.3) is 0 Å². The van der Waals surface area contributed by atoms with Crippen molar-refractivity contribution in [1.82, 2.24) is 20.0 Å². The van der Waals surface area contributed by atoms with Crippen LogP contribution in [0.1, 0.15) is 43.6 Å². The largest absolute Gasteiger partial charge is 0.416 e. The molecule has 5 nitrogen and oxygen atoms in total. The monoisotopic (exact) mass is 449 g/mol. The number of aromatic amines is 1. The van der Waals surface area contributed by atoms with Crippen LogP contribution in [0, 0.1) is 5.92 Å². The maximum absolute atomic E-state index is 13.1. The van der Waals surface area contributed by atoms with Gasteiger partial charge in [-0.2, -0.15) is 18.3 Å². The van der Waals surface area contributed by atoms with Gasteiger partial charge in [0.05, 0.1) is 11.3 Å². The van der Waals surface area contributed by atoms with Gasteiger partial charge >= 0.3 is 6.18 Å². The van der Waals surface area contributed by atoms with E-state index in [9.17, 15) is 13.2 Å². The number of hydrogen-bond donors (Lipinski definition) is 1. The highest BCUT2D eigenvalue weighted by molar-refractivity contribution is 5.49. The van der Waals surface area contributed by atoms with Crippen molar-refractivity contribution in [2.75, 3.05) is 44.2 Å². The number of rotatable bonds is 6. The first kappa shape index (κ1) is 23.1. The number of hydrogen-bond acceptors (Lipinski definition) is 4. The third-order valence-corrected chi connectivity index (χ3v) is 6.55. The lowest BCUT2D eigenvalue weighted by Crippen LogP contribution is -2.55. The van der Waals surface area contributed by atoms with Gasteiger partial charge in [-0.05, 0) is 56.0 Å². The molecule has 1 atom stereocenters. The van der Waals surface area contributed by atoms with E-state index in [1.807, 2.05) is 0 Å². The molecule has 1 aromatic heterocycles. The Bertz CT molecular complexity index is 871. The summed E-state index contributed by atoms with van der Waals surface area (Å²) in [6.45, 7) is 10.7. The molecule has 176 valence electrons. The second kappa shape index (κ2) is 9.83. The molecule has 3 heterocycles. The molecule has 1 N–H and O–H groups in total. The van der Waals surface area contributed by atoms with Crippen molar-refractivity contribution < 1.29 is 13.2 Å². The third-order valence-electron chi connectivity index (χ3n) is 6.55. The molecular formula is C24H34F3N5. The van der Waals surface area contributed by atoms with Crippen LogP contribution in [-0.2, 0) is 19.1 Å². The number of benzene rings is 1. The molecule has 2 saturated heterocycles. The van der Waals surface area contributed by atoms with Crippen LogP contribution in [0.25, 0.3) is 0 Å². The lowest BCUT2D eigenvalue weighted by molar-refractivity contribution is -0.137. The second-order valence-electron chi connectivity index (χ2n) is 9.58. The first-order chi connectivity index (χ1) is 15.3. The summed E-state index contributed by atoms with van der Waals surface area (Å²) in [6, 6.07) is 8.40. The summed E-state index contributed by atoms with van der Waals surface area (Å²) in [5, 5.41) is 7.65. The quantitative estimate of drug-likeness (QED) is 0.709. The van der Waals surface area contributed by atoms with Crippen LogP contribution in [-0.4, -0.2) is 65.3 Å². The summed E-state index contributed by atoms with van der Waals surface area (Å²) in [6.07, 6.45) is -0.948. The smallest absolute Gasteiger partial charge is 0.369 e. The van der Waals surface area contributed by atoms with Crippen LogP contribution in [0.3, 0.4) is 0 Å². The number of piperidine rings is 1. The topological polar surface area (TPSA) is 38.4 Å². The number of piperazine rings is 1. The molecule has 32 heavy (non-hydrogen) atoms. The van der Waals surface area contributed by atoms with Gasteiger partial charge in [0.2, 0.25) is 0 Å². The van der Waals surface area contributed by atoms with E-state index < -0.39 is 11.7 Å². The van der Waals surface area contributed by atoms with E-state index in [2.05, 4.69) is 44.8 Å². The van der Waals surface area contributed by atoms with E-state index in [1.165, 1.54) is 30.7 Å². The summed E-state index contributed by atoms with van der Waals surface area (Å²) in [5.41, 5.74) is 2.40. The Hall–Kier alpha value is -2.06. The highest BCUT2D eigenvalue weighted by atomic mass is 19.4. The molecule has 0 spiro atoms. The summed E-state index contributed by atoms with van der Waals surface area (Å²) in [5.74, 6) is 0.597. The number of anilines is 1. The van der Waals surface area contributed by atoms with Gasteiger partial charge in [0.1, 0.15) is 0 Å². The molecule has 2 aliphatic heterocycles. The molecule has 0 aliphatic carbocycles. The van der Waals surface area contributed by atoms with Crippen LogP contribution in [0.2, 0.25) is 0 Å². The van der Waals surface area contributed by atoms with Crippen LogP contribution in [0.15, 0.2) is 30.3 Å². The van der Waals surface area contributed by atoms with Gasteiger partial charge in [-0.15, -0.1) is 0 Å². The third kappa shape index (κ3) is 5.84. The highest BCUT2D eigenvalue weighted by Gasteiger charge is 2.32. The number of alkyl halides is 3. The Balaban J connectivity index is 1.29. The fourth-order valence-corrected chi connectivity index (χ4v) is 4.95. The molecular weight excluding hydrogens is 415 g/mol. The SMILES string of the molecule is CC(C)Cc1cc(CN2CCC[C@H](N3CCN(c4cccc(C(F)(F)F)c4)CC3)C2)[nH]n1. The maximum Gasteiger partial charge on any atom is 0.416 e. The second-order valence-corrected chi connectivity index (χ2v) is 9.58. The fourth-order valence-electron chi connectivity index (χ4n) is 4.95. The first-order valence-corrected chi connectivity index (χ1v) is 11.7. The number of H-pyrrole nitrogens is 1. The minimum Gasteiger partial charge on any atom is -0.369 e. The Morgan fingerprint density at radius 2 is 1.88 bits per heavy atom. The van der Waals surface area contributed by atoms with Crippen molar-refractivity contribution in [2.45, 2.75) is 51.9 Å². The Labute approximate surface area is 188 Å². The number of nitrogens with one attached hydrogen (secondary N) is 1. The van der Waals surface area contributed by atoms with E-state index in [0.29, 0.717) is 17.6 Å². The van der Waals surface area contributed by atoms with Gasteiger partial charge in [-0.1, -0.05) is 19.9 Å². The van der Waals surface area contributed by atoms with E-state index in [0.717, 1.165) is 64.0 Å². The Morgan fingerprint density at radius 3 is 2.59 bits per heavy atom. The molecule has 0 unspecified atom stereocenters. The molecule has 0 saturated carbocycles. The fraction of sp³-hybridized carbons (Fsp3) is 0.625. The summed E-state index contributed by atoms with van der Waals surface area (Å²) in [7, 11) is 0. The summed E-state index contributed by atoms with van der Waals surface area (Å²) >= 11 is 0. The van der Waals surface area contributed by atoms with Crippen LogP contribution < -0.4 is 4.90 Å². The zero-order chi connectivity index (χ0) is 22.7. The lowest BCUT2D eigenvalue weighted by atomic mass is 10.0. The molecule has 0 bridgehead atoms. The molecule has 4 rings (SSSR count). The summed E-state index contributed by atoms with van der Waals surface area (Å²) < 4.78 is 39.2. The van der Waals surface area contributed by atoms with Crippen molar-refractivity contribution in [3.63, 3.8) is 0 Å². The molecule has 2 aromatic rings. The minimum absolute atomic E-state index is 0.505.